The SMILES string of the molecule is Cc1cc([N+](C)(C)[O-])ccc1[As]. The summed E-state index contributed by atoms with van der Waals surface area (Å²) in [5.41, 5.74) is 1.94. The van der Waals surface area contributed by atoms with Crippen LogP contribution in [-0.2, 0) is 0 Å². The molecule has 64 valence electrons. The van der Waals surface area contributed by atoms with Gasteiger partial charge in [-0.2, -0.15) is 0 Å². The van der Waals surface area contributed by atoms with Gasteiger partial charge in [0.25, 0.3) is 0 Å². The monoisotopic (exact) mass is 225 g/mol. The molecule has 0 aliphatic heterocycles. The van der Waals surface area contributed by atoms with Crippen LogP contribution in [0.4, 0.5) is 5.69 Å². The average Bonchev–Trinajstić information content (AvgIpc) is 1.92. The molecular weight excluding hydrogens is 213 g/mol. The number of rotatable bonds is 1. The Morgan fingerprint density at radius 1 is 1.33 bits per heavy atom. The van der Waals surface area contributed by atoms with Crippen LogP contribution in [0.25, 0.3) is 0 Å². The molecule has 0 aliphatic rings. The Bertz CT molecular complexity index is 291. The number of hydroxylamine groups is 2. The third-order valence-corrected chi connectivity index (χ3v) is 2.85. The van der Waals surface area contributed by atoms with Crippen molar-refractivity contribution in [3.05, 3.63) is 29.0 Å². The molecule has 0 saturated carbocycles. The van der Waals surface area contributed by atoms with Gasteiger partial charge in [-0.05, 0) is 0 Å². The van der Waals surface area contributed by atoms with Gasteiger partial charge in [0, 0.05) is 0 Å². The molecule has 1 aromatic rings. The van der Waals surface area contributed by atoms with Crippen LogP contribution in [0.15, 0.2) is 18.2 Å². The van der Waals surface area contributed by atoms with Crippen molar-refractivity contribution in [2.75, 3.05) is 14.1 Å². The average molecular weight is 225 g/mol. The van der Waals surface area contributed by atoms with Crippen molar-refractivity contribution >= 4 is 26.9 Å². The van der Waals surface area contributed by atoms with E-state index in [1.165, 1.54) is 4.35 Å². The van der Waals surface area contributed by atoms with Crippen molar-refractivity contribution in [2.24, 2.45) is 0 Å². The molecule has 1 aromatic carbocycles. The number of quaternary nitrogens is 1. The number of benzene rings is 1. The van der Waals surface area contributed by atoms with Gasteiger partial charge in [0.15, 0.2) is 0 Å². The summed E-state index contributed by atoms with van der Waals surface area (Å²) >= 11 is 2.49. The molecule has 3 heteroatoms. The molecule has 1 rings (SSSR count). The Balaban J connectivity index is 3.14. The van der Waals surface area contributed by atoms with E-state index in [0.717, 1.165) is 11.3 Å². The van der Waals surface area contributed by atoms with Crippen LogP contribution in [0.2, 0.25) is 0 Å². The van der Waals surface area contributed by atoms with Gasteiger partial charge in [-0.15, -0.1) is 0 Å². The molecule has 0 unspecified atom stereocenters. The second-order valence-electron chi connectivity index (χ2n) is 3.32. The zero-order chi connectivity index (χ0) is 9.35. The Morgan fingerprint density at radius 2 is 1.92 bits per heavy atom. The first-order valence-corrected chi connectivity index (χ1v) is 4.70. The number of aryl methyl sites for hydroxylation is 1. The van der Waals surface area contributed by atoms with Crippen LogP contribution < -0.4 is 9.00 Å². The van der Waals surface area contributed by atoms with Gasteiger partial charge in [0.1, 0.15) is 0 Å². The maximum absolute atomic E-state index is 11.5. The molecule has 0 saturated heterocycles. The van der Waals surface area contributed by atoms with Gasteiger partial charge in [-0.25, -0.2) is 0 Å². The summed E-state index contributed by atoms with van der Waals surface area (Å²) in [6, 6.07) is 5.76. The van der Waals surface area contributed by atoms with Gasteiger partial charge >= 0.3 is 81.5 Å². The Morgan fingerprint density at radius 3 is 2.33 bits per heavy atom. The van der Waals surface area contributed by atoms with E-state index in [-0.39, 0.29) is 4.65 Å². The molecule has 0 fully saturated rings. The first kappa shape index (κ1) is 9.78. The van der Waals surface area contributed by atoms with Crippen LogP contribution in [0.3, 0.4) is 0 Å². The summed E-state index contributed by atoms with van der Waals surface area (Å²) < 4.78 is 0.799. The summed E-state index contributed by atoms with van der Waals surface area (Å²) in [5, 5.41) is 11.5. The quantitative estimate of drug-likeness (QED) is 0.395. The van der Waals surface area contributed by atoms with Gasteiger partial charge in [-0.1, -0.05) is 0 Å². The fourth-order valence-electron chi connectivity index (χ4n) is 0.975. The molecule has 0 spiro atoms. The maximum atomic E-state index is 11.5. The van der Waals surface area contributed by atoms with Gasteiger partial charge in [0.2, 0.25) is 0 Å². The summed E-state index contributed by atoms with van der Waals surface area (Å²) in [6.45, 7) is 2.01. The second-order valence-corrected chi connectivity index (χ2v) is 4.33. The summed E-state index contributed by atoms with van der Waals surface area (Å²) in [7, 11) is 3.25. The molecule has 0 N–H and O–H groups in total. The number of nitrogens with zero attached hydrogens (tertiary/aromatic N) is 1. The molecular formula is C9H12AsNO. The van der Waals surface area contributed by atoms with Crippen LogP contribution in [0.1, 0.15) is 5.56 Å². The first-order chi connectivity index (χ1) is 5.41. The van der Waals surface area contributed by atoms with E-state index in [1.54, 1.807) is 14.1 Å². The van der Waals surface area contributed by atoms with E-state index >= 15 is 0 Å². The van der Waals surface area contributed by atoms with Crippen molar-refractivity contribution in [3.63, 3.8) is 0 Å². The molecule has 0 amide bonds. The van der Waals surface area contributed by atoms with E-state index in [4.69, 9.17) is 0 Å². The molecule has 12 heavy (non-hydrogen) atoms. The van der Waals surface area contributed by atoms with Crippen LogP contribution in [-0.4, -0.2) is 30.9 Å². The van der Waals surface area contributed by atoms with E-state index in [9.17, 15) is 5.21 Å². The Hall–Kier alpha value is -0.302. The first-order valence-electron chi connectivity index (χ1n) is 3.76. The minimum atomic E-state index is -0.367. The summed E-state index contributed by atoms with van der Waals surface area (Å²) in [5.74, 6) is 0. The zero-order valence-electron chi connectivity index (χ0n) is 7.53. The molecule has 0 aromatic heterocycles. The van der Waals surface area contributed by atoms with E-state index in [1.807, 2.05) is 25.1 Å². The molecule has 2 nitrogen and oxygen atoms in total. The van der Waals surface area contributed by atoms with Crippen molar-refractivity contribution in [1.82, 2.24) is 4.65 Å². The van der Waals surface area contributed by atoms with Gasteiger partial charge in [0.05, 0.1) is 0 Å². The fraction of sp³-hybridized carbons (Fsp3) is 0.333. The predicted molar refractivity (Wildman–Crippen MR) is 53.6 cm³/mol. The van der Waals surface area contributed by atoms with E-state index in [0.29, 0.717) is 0 Å². The topological polar surface area (TPSA) is 23.1 Å². The minimum absolute atomic E-state index is 0.367. The molecule has 0 atom stereocenters. The summed E-state index contributed by atoms with van der Waals surface area (Å²) in [4.78, 5) is 0. The molecule has 2 radical (unpaired) electrons. The fourth-order valence-corrected chi connectivity index (χ4v) is 1.27. The van der Waals surface area contributed by atoms with Crippen molar-refractivity contribution < 1.29 is 0 Å². The third-order valence-electron chi connectivity index (χ3n) is 1.80. The normalized spacial score (nSPS) is 11.8. The number of hydrogen-bond acceptors (Lipinski definition) is 1. The van der Waals surface area contributed by atoms with Gasteiger partial charge in [-0.3, -0.25) is 0 Å². The van der Waals surface area contributed by atoms with E-state index in [2.05, 4.69) is 16.9 Å². The molecule has 0 aliphatic carbocycles. The van der Waals surface area contributed by atoms with Crippen LogP contribution >= 0.6 is 0 Å². The van der Waals surface area contributed by atoms with E-state index < -0.39 is 0 Å². The molecule has 0 bridgehead atoms. The van der Waals surface area contributed by atoms with Crippen molar-refractivity contribution in [1.29, 1.82) is 0 Å². The van der Waals surface area contributed by atoms with Crippen LogP contribution in [0.5, 0.6) is 0 Å². The van der Waals surface area contributed by atoms with Gasteiger partial charge < -0.3 is 0 Å². The van der Waals surface area contributed by atoms with Crippen molar-refractivity contribution in [3.8, 4) is 0 Å². The Labute approximate surface area is 81.9 Å². The van der Waals surface area contributed by atoms with Crippen molar-refractivity contribution in [2.45, 2.75) is 6.92 Å². The summed E-state index contributed by atoms with van der Waals surface area (Å²) in [6.07, 6.45) is 0. The second kappa shape index (κ2) is 3.21. The molecule has 0 heterocycles. The number of hydrogen-bond donors (Lipinski definition) is 0. The standard InChI is InChI=1S/C9H12AsNO/c1-7-6-8(11(2,3)12)4-5-9(7)10/h4-6H,1-3H3. The predicted octanol–water partition coefficient (Wildman–Crippen LogP) is 0.854. The third kappa shape index (κ3) is 2.10. The zero-order valence-corrected chi connectivity index (χ0v) is 9.41. The Kier molecular flexibility index (Phi) is 2.62. The van der Waals surface area contributed by atoms with Crippen LogP contribution in [0, 0.1) is 12.1 Å².